The van der Waals surface area contributed by atoms with Crippen LogP contribution in [0.15, 0.2) is 61.3 Å². The Kier molecular flexibility index (Phi) is 10.4. The van der Waals surface area contributed by atoms with Gasteiger partial charge in [0.15, 0.2) is 11.8 Å². The van der Waals surface area contributed by atoms with E-state index in [1.165, 1.54) is 19.3 Å². The maximum atomic E-state index is 14.3. The number of phenolic OH excluding ortho intramolecular Hbond substituents is 1. The molecule has 0 aliphatic carbocycles. The zero-order valence-electron chi connectivity index (χ0n) is 27.8. The number of rotatable bonds is 6. The number of aromatic hydroxyl groups is 1. The first-order chi connectivity index (χ1) is 24.3. The highest BCUT2D eigenvalue weighted by molar-refractivity contribution is 9.11. The van der Waals surface area contributed by atoms with Gasteiger partial charge >= 0.3 is 5.69 Å². The number of carbonyl (C=O) groups is 1. The summed E-state index contributed by atoms with van der Waals surface area (Å²) in [4.78, 5) is 46.7. The lowest BCUT2D eigenvalue weighted by molar-refractivity contribution is -0.134. The van der Waals surface area contributed by atoms with Crippen molar-refractivity contribution in [1.82, 2.24) is 34.6 Å². The molecule has 1 amide bonds. The molecule has 2 aromatic carbocycles. The first-order valence-electron chi connectivity index (χ1n) is 17.5. The lowest BCUT2D eigenvalue weighted by Crippen LogP contribution is -2.51. The van der Waals surface area contributed by atoms with Crippen LogP contribution in [0.1, 0.15) is 56.6 Å². The number of carbonyl (C=O) groups excluding carboxylic acids is 1. The molecule has 3 saturated heterocycles. The zero-order chi connectivity index (χ0) is 34.8. The fourth-order valence-electron chi connectivity index (χ4n) is 7.88. The van der Waals surface area contributed by atoms with Gasteiger partial charge in [0.25, 0.3) is 0 Å². The van der Waals surface area contributed by atoms with Crippen LogP contribution in [0, 0.1) is 11.5 Å². The highest BCUT2D eigenvalue weighted by Gasteiger charge is 2.33. The third-order valence-corrected chi connectivity index (χ3v) is 11.7. The zero-order valence-corrected chi connectivity index (χ0v) is 31.0. The summed E-state index contributed by atoms with van der Waals surface area (Å²) in [5.41, 5.74) is 2.00. The van der Waals surface area contributed by atoms with E-state index in [0.29, 0.717) is 72.0 Å². The smallest absolute Gasteiger partial charge is 0.327 e. The first-order valence-corrected chi connectivity index (χ1v) is 19.0. The van der Waals surface area contributed by atoms with Gasteiger partial charge in [-0.1, -0.05) is 30.7 Å². The Balaban J connectivity index is 1.11. The van der Waals surface area contributed by atoms with E-state index in [2.05, 4.69) is 52.0 Å². The number of amides is 1. The lowest BCUT2D eigenvalue weighted by atomic mass is 9.98. The molecule has 1 atom stereocenters. The number of nitriles is 1. The summed E-state index contributed by atoms with van der Waals surface area (Å²) in [7, 11) is 0. The highest BCUT2D eigenvalue weighted by Crippen LogP contribution is 2.34. The predicted molar refractivity (Wildman–Crippen MR) is 200 cm³/mol. The maximum Gasteiger partial charge on any atom is 0.327 e. The topological polar surface area (TPSA) is 146 Å². The monoisotopic (exact) mass is 805 g/mol. The van der Waals surface area contributed by atoms with Gasteiger partial charge in [-0.3, -0.25) is 14.7 Å². The van der Waals surface area contributed by atoms with Crippen molar-refractivity contribution < 1.29 is 9.90 Å². The second kappa shape index (κ2) is 15.1. The summed E-state index contributed by atoms with van der Waals surface area (Å²) in [6.07, 6.45) is 11.1. The molecule has 4 aromatic rings. The second-order valence-corrected chi connectivity index (χ2v) is 15.2. The number of aromatic amines is 1. The third kappa shape index (κ3) is 7.13. The van der Waals surface area contributed by atoms with Crippen molar-refractivity contribution in [2.24, 2.45) is 4.99 Å². The van der Waals surface area contributed by atoms with Gasteiger partial charge in [0.2, 0.25) is 11.9 Å². The highest BCUT2D eigenvalue weighted by atomic mass is 79.9. The molecule has 0 unspecified atom stereocenters. The van der Waals surface area contributed by atoms with Crippen molar-refractivity contribution in [3.63, 3.8) is 0 Å². The van der Waals surface area contributed by atoms with E-state index in [0.717, 1.165) is 47.8 Å². The van der Waals surface area contributed by atoms with Crippen molar-refractivity contribution in [1.29, 1.82) is 5.26 Å². The Labute approximate surface area is 307 Å². The number of hydrogen-bond acceptors (Lipinski definition) is 7. The Hall–Kier alpha value is -3.93. The minimum absolute atomic E-state index is 0.0711. The van der Waals surface area contributed by atoms with Crippen LogP contribution in [-0.4, -0.2) is 97.6 Å². The minimum Gasteiger partial charge on any atom is -0.506 e. The molecule has 262 valence electrons. The van der Waals surface area contributed by atoms with Crippen LogP contribution in [0.5, 0.6) is 5.75 Å². The molecule has 5 heterocycles. The number of aliphatic imine (C=N–C) groups is 1. The van der Waals surface area contributed by atoms with Gasteiger partial charge in [0, 0.05) is 61.7 Å². The molecule has 0 saturated carbocycles. The lowest BCUT2D eigenvalue weighted by Gasteiger charge is -2.41. The molecule has 0 bridgehead atoms. The van der Waals surface area contributed by atoms with Crippen LogP contribution in [0.25, 0.3) is 21.9 Å². The third-order valence-electron chi connectivity index (χ3n) is 10.5. The number of guanidine groups is 1. The Morgan fingerprint density at radius 3 is 2.36 bits per heavy atom. The number of halogens is 2. The predicted octanol–water partition coefficient (Wildman–Crippen LogP) is 5.26. The number of piperidine rings is 3. The SMILES string of the molecule is N#CNC(=N[C@@H](Cc1cc(Br)c(O)c(Br)c1)C(=O)N1CCC(N2CCCCC2)CC1)N1CCC(n2c(=O)[nH]c3c4ccccc4cnc32)CC1. The normalized spacial score (nSPS) is 19.2. The molecule has 7 rings (SSSR count). The van der Waals surface area contributed by atoms with Crippen molar-refractivity contribution in [2.75, 3.05) is 39.3 Å². The number of nitrogens with zero attached hydrogens (tertiary/aromatic N) is 7. The number of benzene rings is 2. The van der Waals surface area contributed by atoms with Crippen molar-refractivity contribution in [2.45, 2.75) is 69.5 Å². The number of aromatic nitrogens is 3. The quantitative estimate of drug-likeness (QED) is 0.104. The fourth-order valence-corrected chi connectivity index (χ4v) is 9.16. The van der Waals surface area contributed by atoms with Crippen LogP contribution >= 0.6 is 31.9 Å². The summed E-state index contributed by atoms with van der Waals surface area (Å²) in [6, 6.07) is 11.1. The van der Waals surface area contributed by atoms with Gasteiger partial charge in [0.05, 0.1) is 14.5 Å². The summed E-state index contributed by atoms with van der Waals surface area (Å²) in [5, 5.41) is 24.8. The molecular formula is C36H41Br2N9O3. The molecule has 3 fully saturated rings. The maximum absolute atomic E-state index is 14.3. The van der Waals surface area contributed by atoms with Crippen molar-refractivity contribution >= 4 is 65.7 Å². The van der Waals surface area contributed by atoms with E-state index < -0.39 is 6.04 Å². The number of imidazole rings is 1. The number of fused-ring (bicyclic) bond motifs is 3. The average Bonchev–Trinajstić information content (AvgIpc) is 3.49. The summed E-state index contributed by atoms with van der Waals surface area (Å²) in [6.45, 7) is 4.68. The molecule has 0 radical (unpaired) electrons. The molecule has 2 aromatic heterocycles. The molecule has 3 aliphatic heterocycles. The van der Waals surface area contributed by atoms with Crippen LogP contribution in [0.4, 0.5) is 0 Å². The molecule has 14 heteroatoms. The standard InChI is InChI=1S/C36H41Br2N9O3/c37-28-18-23(19-29(38)32(28)48)20-30(34(49)45-14-8-25(9-15-45)44-12-4-1-5-13-44)42-35(41-22-39)46-16-10-26(11-17-46)47-33-31(43-36(47)50)27-7-3-2-6-24(27)21-40-33/h2-3,6-7,18-19,21,25-26,30,48H,1,4-5,8-17,20H2,(H,41,42)(H,43,50)/t30-/m0/s1. The molecule has 0 spiro atoms. The van der Waals surface area contributed by atoms with E-state index in [9.17, 15) is 20.0 Å². The van der Waals surface area contributed by atoms with Gasteiger partial charge in [0.1, 0.15) is 11.8 Å². The number of likely N-dealkylation sites (tertiary alicyclic amines) is 3. The van der Waals surface area contributed by atoms with Crippen molar-refractivity contribution in [3.8, 4) is 11.9 Å². The Morgan fingerprint density at radius 2 is 1.66 bits per heavy atom. The van der Waals surface area contributed by atoms with Gasteiger partial charge < -0.3 is 24.8 Å². The second-order valence-electron chi connectivity index (χ2n) is 13.5. The van der Waals surface area contributed by atoms with Gasteiger partial charge in [-0.2, -0.15) is 5.26 Å². The van der Waals surface area contributed by atoms with E-state index in [1.54, 1.807) is 22.9 Å². The van der Waals surface area contributed by atoms with E-state index >= 15 is 0 Å². The summed E-state index contributed by atoms with van der Waals surface area (Å²) in [5.74, 6) is 0.366. The fraction of sp³-hybridized carbons (Fsp3) is 0.472. The van der Waals surface area contributed by atoms with E-state index in [-0.39, 0.29) is 23.4 Å². The number of H-pyrrole nitrogens is 1. The van der Waals surface area contributed by atoms with Crippen LogP contribution in [0.2, 0.25) is 0 Å². The molecule has 12 nitrogen and oxygen atoms in total. The van der Waals surface area contributed by atoms with E-state index in [4.69, 9.17) is 4.99 Å². The van der Waals surface area contributed by atoms with Crippen LogP contribution < -0.4 is 11.0 Å². The number of nitrogens with one attached hydrogen (secondary N) is 2. The van der Waals surface area contributed by atoms with Crippen molar-refractivity contribution in [3.05, 3.63) is 67.6 Å². The Morgan fingerprint density at radius 1 is 1.00 bits per heavy atom. The first kappa shape index (κ1) is 34.5. The number of pyridine rings is 1. The number of hydrogen-bond donors (Lipinski definition) is 3. The van der Waals surface area contributed by atoms with Gasteiger partial charge in [-0.25, -0.2) is 14.8 Å². The van der Waals surface area contributed by atoms with Crippen LogP contribution in [-0.2, 0) is 11.2 Å². The molecule has 50 heavy (non-hydrogen) atoms. The summed E-state index contributed by atoms with van der Waals surface area (Å²) >= 11 is 6.85. The van der Waals surface area contributed by atoms with Gasteiger partial charge in [-0.15, -0.1) is 0 Å². The van der Waals surface area contributed by atoms with Gasteiger partial charge in [-0.05, 0) is 101 Å². The number of phenols is 1. The largest absolute Gasteiger partial charge is 0.506 e. The average molecular weight is 808 g/mol. The van der Waals surface area contributed by atoms with E-state index in [1.807, 2.05) is 40.3 Å². The molecular weight excluding hydrogens is 766 g/mol. The Bertz CT molecular complexity index is 1980. The summed E-state index contributed by atoms with van der Waals surface area (Å²) < 4.78 is 2.80. The molecule has 3 N–H and O–H groups in total. The minimum atomic E-state index is -0.785. The molecule has 3 aliphatic rings. The van der Waals surface area contributed by atoms with Crippen LogP contribution in [0.3, 0.4) is 0 Å².